The molecule has 2 N–H and O–H groups in total. The Morgan fingerprint density at radius 3 is 2.67 bits per heavy atom. The zero-order chi connectivity index (χ0) is 25.5. The second-order valence-corrected chi connectivity index (χ2v) is 9.63. The van der Waals surface area contributed by atoms with Gasteiger partial charge in [0.15, 0.2) is 11.0 Å². The number of anilines is 1. The molecule has 186 valence electrons. The third-order valence-corrected chi connectivity index (χ3v) is 6.68. The average Bonchev–Trinajstić information content (AvgIpc) is 3.25. The molecular formula is C26H25Cl2N5O2S. The van der Waals surface area contributed by atoms with Gasteiger partial charge in [0.25, 0.3) is 0 Å². The van der Waals surface area contributed by atoms with Gasteiger partial charge in [0.1, 0.15) is 5.75 Å². The van der Waals surface area contributed by atoms with E-state index in [1.54, 1.807) is 24.3 Å². The number of hydrogen-bond acceptors (Lipinski definition) is 5. The van der Waals surface area contributed by atoms with E-state index in [1.807, 2.05) is 35.8 Å². The summed E-state index contributed by atoms with van der Waals surface area (Å²) in [6.45, 7) is 4.57. The smallest absolute Gasteiger partial charge is 0.319 e. The summed E-state index contributed by atoms with van der Waals surface area (Å²) in [5.41, 5.74) is 3.62. The molecule has 0 aliphatic carbocycles. The van der Waals surface area contributed by atoms with Crippen molar-refractivity contribution in [3.05, 3.63) is 93.7 Å². The van der Waals surface area contributed by atoms with Crippen LogP contribution in [-0.2, 0) is 12.3 Å². The Kier molecular flexibility index (Phi) is 8.74. The highest BCUT2D eigenvalue weighted by Crippen LogP contribution is 2.31. The van der Waals surface area contributed by atoms with E-state index < -0.39 is 6.03 Å². The Balaban J connectivity index is 1.54. The Morgan fingerprint density at radius 1 is 1.06 bits per heavy atom. The van der Waals surface area contributed by atoms with Crippen LogP contribution in [0.2, 0.25) is 10.0 Å². The van der Waals surface area contributed by atoms with E-state index in [4.69, 9.17) is 27.9 Å². The van der Waals surface area contributed by atoms with Gasteiger partial charge in [-0.25, -0.2) is 4.79 Å². The maximum absolute atomic E-state index is 12.7. The highest BCUT2D eigenvalue weighted by Gasteiger charge is 2.18. The van der Waals surface area contributed by atoms with Crippen molar-refractivity contribution in [2.75, 3.05) is 11.9 Å². The number of rotatable bonds is 9. The van der Waals surface area contributed by atoms with Crippen LogP contribution < -0.4 is 15.4 Å². The molecule has 0 radical (unpaired) electrons. The van der Waals surface area contributed by atoms with Crippen LogP contribution in [0.15, 0.2) is 71.9 Å². The highest BCUT2D eigenvalue weighted by molar-refractivity contribution is 7.98. The predicted molar refractivity (Wildman–Crippen MR) is 146 cm³/mol. The van der Waals surface area contributed by atoms with Gasteiger partial charge in [-0.05, 0) is 49.7 Å². The first kappa shape index (κ1) is 25.9. The number of hydrogen-bond donors (Lipinski definition) is 2. The molecule has 4 aromatic rings. The second kappa shape index (κ2) is 12.2. The highest BCUT2D eigenvalue weighted by atomic mass is 35.5. The number of para-hydroxylation sites is 2. The van der Waals surface area contributed by atoms with Gasteiger partial charge < -0.3 is 15.4 Å². The van der Waals surface area contributed by atoms with Crippen LogP contribution in [0.4, 0.5) is 10.5 Å². The molecular weight excluding hydrogens is 517 g/mol. The zero-order valence-corrected chi connectivity index (χ0v) is 22.1. The average molecular weight is 542 g/mol. The van der Waals surface area contributed by atoms with Gasteiger partial charge in [0, 0.05) is 10.8 Å². The lowest BCUT2D eigenvalue weighted by molar-refractivity contribution is 0.251. The summed E-state index contributed by atoms with van der Waals surface area (Å²) in [5.74, 6) is 1.83. The monoisotopic (exact) mass is 541 g/mol. The summed E-state index contributed by atoms with van der Waals surface area (Å²) in [6.07, 6.45) is 0. The lowest BCUT2D eigenvalue weighted by Crippen LogP contribution is -2.29. The number of thioether (sulfide) groups is 1. The predicted octanol–water partition coefficient (Wildman–Crippen LogP) is 6.90. The van der Waals surface area contributed by atoms with Crippen LogP contribution in [0.25, 0.3) is 5.69 Å². The SMILES string of the molecule is CCOc1ccccc1NC(=O)NCc1nnc(SCc2cccc(C)c2)n1-c1ccc(Cl)cc1Cl. The molecule has 0 aliphatic heterocycles. The fourth-order valence-electron chi connectivity index (χ4n) is 3.54. The Bertz CT molecular complexity index is 1360. The Morgan fingerprint density at radius 2 is 1.89 bits per heavy atom. The lowest BCUT2D eigenvalue weighted by atomic mass is 10.2. The molecule has 0 spiro atoms. The van der Waals surface area contributed by atoms with E-state index in [1.165, 1.54) is 22.9 Å². The van der Waals surface area contributed by atoms with Crippen LogP contribution in [0.5, 0.6) is 5.75 Å². The van der Waals surface area contributed by atoms with Gasteiger partial charge >= 0.3 is 6.03 Å². The largest absolute Gasteiger partial charge is 0.492 e. The van der Waals surface area contributed by atoms with Crippen LogP contribution in [-0.4, -0.2) is 27.4 Å². The quantitative estimate of drug-likeness (QED) is 0.225. The fourth-order valence-corrected chi connectivity index (χ4v) is 4.94. The maximum atomic E-state index is 12.7. The second-order valence-electron chi connectivity index (χ2n) is 7.84. The molecule has 0 saturated heterocycles. The van der Waals surface area contributed by atoms with E-state index in [9.17, 15) is 4.79 Å². The lowest BCUT2D eigenvalue weighted by Gasteiger charge is -2.14. The summed E-state index contributed by atoms with van der Waals surface area (Å²) in [7, 11) is 0. The van der Waals surface area contributed by atoms with Crippen molar-refractivity contribution in [1.29, 1.82) is 0 Å². The standard InChI is InChI=1S/C26H25Cl2N5O2S/c1-3-35-23-10-5-4-9-21(23)30-25(34)29-15-24-31-32-26(36-16-18-8-6-7-17(2)13-18)33(24)22-12-11-19(27)14-20(22)28/h4-14H,3,15-16H2,1-2H3,(H2,29,30,34). The molecule has 36 heavy (non-hydrogen) atoms. The minimum absolute atomic E-state index is 0.125. The number of halogens is 2. The fraction of sp³-hybridized carbons (Fsp3) is 0.192. The van der Waals surface area contributed by atoms with Crippen molar-refractivity contribution in [3.63, 3.8) is 0 Å². The molecule has 0 fully saturated rings. The maximum Gasteiger partial charge on any atom is 0.319 e. The molecule has 3 aromatic carbocycles. The molecule has 0 atom stereocenters. The van der Waals surface area contributed by atoms with Crippen molar-refractivity contribution in [2.45, 2.75) is 31.3 Å². The first-order valence-electron chi connectivity index (χ1n) is 11.3. The van der Waals surface area contributed by atoms with Gasteiger partial charge in [0.05, 0.1) is 29.5 Å². The van der Waals surface area contributed by atoms with Gasteiger partial charge in [-0.15, -0.1) is 10.2 Å². The molecule has 1 heterocycles. The number of amides is 2. The molecule has 2 amide bonds. The third-order valence-electron chi connectivity index (χ3n) is 5.14. The summed E-state index contributed by atoms with van der Waals surface area (Å²) in [4.78, 5) is 12.7. The number of carbonyl (C=O) groups excluding carboxylic acids is 1. The number of ether oxygens (including phenoxy) is 1. The van der Waals surface area contributed by atoms with Gasteiger partial charge in [-0.3, -0.25) is 4.57 Å². The number of nitrogens with zero attached hydrogens (tertiary/aromatic N) is 3. The normalized spacial score (nSPS) is 10.8. The number of carbonyl (C=O) groups is 1. The van der Waals surface area contributed by atoms with E-state index in [0.29, 0.717) is 50.5 Å². The van der Waals surface area contributed by atoms with Crippen LogP contribution in [0.3, 0.4) is 0 Å². The minimum Gasteiger partial charge on any atom is -0.492 e. The zero-order valence-electron chi connectivity index (χ0n) is 19.8. The number of benzene rings is 3. The topological polar surface area (TPSA) is 81.1 Å². The number of aromatic nitrogens is 3. The summed E-state index contributed by atoms with van der Waals surface area (Å²) >= 11 is 14.2. The van der Waals surface area contributed by atoms with E-state index in [-0.39, 0.29) is 6.54 Å². The Hall–Kier alpha value is -3.20. The van der Waals surface area contributed by atoms with E-state index in [2.05, 4.69) is 46.0 Å². The first-order chi connectivity index (χ1) is 17.4. The van der Waals surface area contributed by atoms with Crippen molar-refractivity contribution in [3.8, 4) is 11.4 Å². The molecule has 4 rings (SSSR count). The van der Waals surface area contributed by atoms with Gasteiger partial charge in [-0.1, -0.05) is 76.9 Å². The van der Waals surface area contributed by atoms with Crippen LogP contribution >= 0.6 is 35.0 Å². The molecule has 0 saturated carbocycles. The molecule has 0 unspecified atom stereocenters. The van der Waals surface area contributed by atoms with Crippen molar-refractivity contribution in [2.24, 2.45) is 0 Å². The van der Waals surface area contributed by atoms with E-state index in [0.717, 1.165) is 0 Å². The van der Waals surface area contributed by atoms with Crippen molar-refractivity contribution < 1.29 is 9.53 Å². The summed E-state index contributed by atoms with van der Waals surface area (Å²) < 4.78 is 7.42. The van der Waals surface area contributed by atoms with E-state index >= 15 is 0 Å². The molecule has 10 heteroatoms. The molecule has 0 bridgehead atoms. The number of aryl methyl sites for hydroxylation is 1. The first-order valence-corrected chi connectivity index (χ1v) is 13.0. The van der Waals surface area contributed by atoms with Crippen molar-refractivity contribution >= 4 is 46.7 Å². The number of nitrogens with one attached hydrogen (secondary N) is 2. The van der Waals surface area contributed by atoms with Crippen molar-refractivity contribution in [1.82, 2.24) is 20.1 Å². The summed E-state index contributed by atoms with van der Waals surface area (Å²) in [5, 5.41) is 16.0. The Labute approximate surface area is 224 Å². The molecule has 0 aliphatic rings. The summed E-state index contributed by atoms with van der Waals surface area (Å²) in [6, 6.07) is 20.4. The third kappa shape index (κ3) is 6.51. The molecule has 7 nitrogen and oxygen atoms in total. The number of urea groups is 1. The van der Waals surface area contributed by atoms with Crippen LogP contribution in [0, 0.1) is 6.92 Å². The van der Waals surface area contributed by atoms with Gasteiger partial charge in [0.2, 0.25) is 0 Å². The minimum atomic E-state index is -0.395. The van der Waals surface area contributed by atoms with Crippen LogP contribution in [0.1, 0.15) is 23.9 Å². The van der Waals surface area contributed by atoms with Gasteiger partial charge in [-0.2, -0.15) is 0 Å². The molecule has 1 aromatic heterocycles.